The molecule has 0 saturated carbocycles. The number of carbonyl (C=O) groups is 3. The maximum atomic E-state index is 12.4. The van der Waals surface area contributed by atoms with E-state index in [9.17, 15) is 14.4 Å². The predicted molar refractivity (Wildman–Crippen MR) is 151 cm³/mol. The van der Waals surface area contributed by atoms with E-state index < -0.39 is 6.09 Å². The Balaban J connectivity index is 1.18. The lowest BCUT2D eigenvalue weighted by Gasteiger charge is -2.26. The van der Waals surface area contributed by atoms with E-state index in [4.69, 9.17) is 9.84 Å². The summed E-state index contributed by atoms with van der Waals surface area (Å²) >= 11 is 0. The molecule has 0 aliphatic carbocycles. The molecule has 0 atom stereocenters. The van der Waals surface area contributed by atoms with E-state index in [1.807, 2.05) is 36.4 Å². The van der Waals surface area contributed by atoms with Crippen LogP contribution < -0.4 is 26.6 Å². The molecule has 11 nitrogen and oxygen atoms in total. The Hall–Kier alpha value is -4.61. The number of nitrogens with one attached hydrogen (secondary N) is 5. The van der Waals surface area contributed by atoms with E-state index in [1.54, 1.807) is 36.4 Å². The van der Waals surface area contributed by atoms with Gasteiger partial charge in [-0.3, -0.25) is 10.2 Å². The first-order chi connectivity index (χ1) is 18.9. The molecule has 0 bridgehead atoms. The van der Waals surface area contributed by atoms with Gasteiger partial charge in [0.2, 0.25) is 0 Å². The van der Waals surface area contributed by atoms with Gasteiger partial charge in [-0.1, -0.05) is 24.3 Å². The molecule has 1 saturated heterocycles. The Kier molecular flexibility index (Phi) is 9.70. The average Bonchev–Trinajstić information content (AvgIpc) is 2.92. The number of urea groups is 2. The second-order valence-electron chi connectivity index (χ2n) is 8.99. The van der Waals surface area contributed by atoms with Gasteiger partial charge in [-0.25, -0.2) is 14.4 Å². The maximum Gasteiger partial charge on any atom is 0.409 e. The zero-order valence-corrected chi connectivity index (χ0v) is 21.4. The number of anilines is 4. The van der Waals surface area contributed by atoms with Crippen LogP contribution in [0.25, 0.3) is 0 Å². The van der Waals surface area contributed by atoms with Gasteiger partial charge in [-0.2, -0.15) is 0 Å². The van der Waals surface area contributed by atoms with Crippen LogP contribution in [0, 0.1) is 0 Å². The van der Waals surface area contributed by atoms with Crippen molar-refractivity contribution in [1.29, 1.82) is 0 Å². The highest BCUT2D eigenvalue weighted by molar-refractivity contribution is 6.00. The fourth-order valence-corrected chi connectivity index (χ4v) is 4.03. The number of benzene rings is 3. The van der Waals surface area contributed by atoms with E-state index in [0.717, 1.165) is 44.0 Å². The fraction of sp³-hybridized carbons (Fsp3) is 0.250. The van der Waals surface area contributed by atoms with Crippen LogP contribution in [0.2, 0.25) is 0 Å². The molecule has 1 heterocycles. The minimum Gasteiger partial charge on any atom is -0.465 e. The van der Waals surface area contributed by atoms with Crippen LogP contribution in [0.15, 0.2) is 72.8 Å². The third-order valence-electron chi connectivity index (χ3n) is 6.04. The van der Waals surface area contributed by atoms with Gasteiger partial charge >= 0.3 is 18.2 Å². The summed E-state index contributed by atoms with van der Waals surface area (Å²) in [7, 11) is 0. The Morgan fingerprint density at radius 2 is 1.10 bits per heavy atom. The fourth-order valence-electron chi connectivity index (χ4n) is 4.03. The number of hydrogen-bond donors (Lipinski definition) is 6. The molecule has 1 fully saturated rings. The van der Waals surface area contributed by atoms with Gasteiger partial charge in [0.25, 0.3) is 0 Å². The van der Waals surface area contributed by atoms with Gasteiger partial charge in [-0.15, -0.1) is 0 Å². The van der Waals surface area contributed by atoms with Gasteiger partial charge < -0.3 is 31.1 Å². The second-order valence-corrected chi connectivity index (χ2v) is 8.99. The van der Waals surface area contributed by atoms with Crippen molar-refractivity contribution in [3.63, 3.8) is 0 Å². The van der Waals surface area contributed by atoms with Crippen LogP contribution in [0.1, 0.15) is 11.1 Å². The first-order valence-electron chi connectivity index (χ1n) is 12.6. The number of nitrogens with zero attached hydrogens (tertiary/aromatic N) is 1. The van der Waals surface area contributed by atoms with Crippen LogP contribution in [0.4, 0.5) is 37.1 Å². The first kappa shape index (κ1) is 27.4. The minimum absolute atomic E-state index is 0.280. The Labute approximate surface area is 226 Å². The number of rotatable bonds is 9. The highest BCUT2D eigenvalue weighted by Crippen LogP contribution is 2.17. The molecule has 39 heavy (non-hydrogen) atoms. The number of morpholine rings is 1. The van der Waals surface area contributed by atoms with E-state index >= 15 is 0 Å². The SMILES string of the molecule is O=C(O)Nc1ccc(Cc2ccc(NC(=O)Nc3ccc(NC(=O)NCCN4CCOCC4)cc3)cc2)cc1. The molecule has 204 valence electrons. The maximum absolute atomic E-state index is 12.4. The summed E-state index contributed by atoms with van der Waals surface area (Å²) in [5.74, 6) is 0. The molecule has 5 amide bonds. The number of carbonyl (C=O) groups excluding carboxylic acids is 2. The van der Waals surface area contributed by atoms with Gasteiger partial charge in [0.05, 0.1) is 13.2 Å². The summed E-state index contributed by atoms with van der Waals surface area (Å²) in [5.41, 5.74) is 4.45. The van der Waals surface area contributed by atoms with E-state index in [2.05, 4.69) is 31.5 Å². The minimum atomic E-state index is -1.10. The third kappa shape index (κ3) is 9.33. The molecule has 4 rings (SSSR count). The third-order valence-corrected chi connectivity index (χ3v) is 6.04. The summed E-state index contributed by atoms with van der Waals surface area (Å²) in [5, 5.41) is 22.3. The van der Waals surface area contributed by atoms with Gasteiger partial charge in [0, 0.05) is 48.9 Å². The molecular formula is C28H32N6O5. The molecule has 3 aromatic rings. The van der Waals surface area contributed by atoms with E-state index in [0.29, 0.717) is 35.7 Å². The number of ether oxygens (including phenoxy) is 1. The van der Waals surface area contributed by atoms with Crippen LogP contribution in [-0.4, -0.2) is 67.6 Å². The van der Waals surface area contributed by atoms with Crippen LogP contribution in [0.5, 0.6) is 0 Å². The summed E-state index contributed by atoms with van der Waals surface area (Å²) in [4.78, 5) is 37.5. The normalized spacial score (nSPS) is 13.2. The molecule has 6 N–H and O–H groups in total. The van der Waals surface area contributed by atoms with Crippen molar-refractivity contribution < 1.29 is 24.2 Å². The lowest BCUT2D eigenvalue weighted by atomic mass is 10.0. The number of amides is 5. The molecular weight excluding hydrogens is 500 g/mol. The number of carboxylic acid groups (broad SMARTS) is 1. The van der Waals surface area contributed by atoms with E-state index in [-0.39, 0.29) is 12.1 Å². The van der Waals surface area contributed by atoms with Crippen LogP contribution in [-0.2, 0) is 11.2 Å². The lowest BCUT2D eigenvalue weighted by Crippen LogP contribution is -2.42. The van der Waals surface area contributed by atoms with Crippen molar-refractivity contribution in [2.45, 2.75) is 6.42 Å². The average molecular weight is 533 g/mol. The summed E-state index contributed by atoms with van der Waals surface area (Å²) < 4.78 is 5.32. The molecule has 3 aromatic carbocycles. The standard InChI is InChI=1S/C28H32N6O5/c35-26(29-13-14-34-15-17-39-18-16-34)30-23-9-11-24(12-10-23)32-27(36)31-22-5-1-20(2-6-22)19-21-3-7-25(8-4-21)33-28(37)38/h1-12,33H,13-19H2,(H,37,38)(H2,29,30,35)(H2,31,32,36). The zero-order valence-electron chi connectivity index (χ0n) is 21.4. The highest BCUT2D eigenvalue weighted by Gasteiger charge is 2.10. The van der Waals surface area contributed by atoms with Crippen molar-refractivity contribution in [2.24, 2.45) is 0 Å². The summed E-state index contributed by atoms with van der Waals surface area (Å²) in [6, 6.07) is 20.8. The molecule has 0 unspecified atom stereocenters. The summed E-state index contributed by atoms with van der Waals surface area (Å²) in [6.45, 7) is 4.53. The Bertz CT molecular complexity index is 1240. The second kappa shape index (κ2) is 13.8. The van der Waals surface area contributed by atoms with Crippen molar-refractivity contribution >= 4 is 40.9 Å². The number of hydrogen-bond acceptors (Lipinski definition) is 5. The molecule has 0 aromatic heterocycles. The van der Waals surface area contributed by atoms with Gasteiger partial charge in [0.15, 0.2) is 0 Å². The van der Waals surface area contributed by atoms with Crippen molar-refractivity contribution in [2.75, 3.05) is 60.7 Å². The molecule has 11 heteroatoms. The Morgan fingerprint density at radius 3 is 1.59 bits per heavy atom. The monoisotopic (exact) mass is 532 g/mol. The zero-order chi connectivity index (χ0) is 27.5. The highest BCUT2D eigenvalue weighted by atomic mass is 16.5. The van der Waals surface area contributed by atoms with Crippen molar-refractivity contribution in [1.82, 2.24) is 10.2 Å². The predicted octanol–water partition coefficient (Wildman–Crippen LogP) is 4.47. The quantitative estimate of drug-likeness (QED) is 0.240. The Morgan fingerprint density at radius 1 is 0.667 bits per heavy atom. The van der Waals surface area contributed by atoms with Gasteiger partial charge in [-0.05, 0) is 66.1 Å². The van der Waals surface area contributed by atoms with Crippen LogP contribution in [0.3, 0.4) is 0 Å². The van der Waals surface area contributed by atoms with E-state index in [1.165, 1.54) is 0 Å². The molecule has 0 radical (unpaired) electrons. The van der Waals surface area contributed by atoms with Crippen molar-refractivity contribution in [3.8, 4) is 0 Å². The smallest absolute Gasteiger partial charge is 0.409 e. The molecule has 1 aliphatic rings. The largest absolute Gasteiger partial charge is 0.465 e. The topological polar surface area (TPSA) is 144 Å². The lowest BCUT2D eigenvalue weighted by molar-refractivity contribution is 0.0388. The first-order valence-corrected chi connectivity index (χ1v) is 12.6. The van der Waals surface area contributed by atoms with Gasteiger partial charge in [0.1, 0.15) is 0 Å². The van der Waals surface area contributed by atoms with Crippen molar-refractivity contribution in [3.05, 3.63) is 83.9 Å². The van der Waals surface area contributed by atoms with Crippen LogP contribution >= 0.6 is 0 Å². The molecule has 1 aliphatic heterocycles. The summed E-state index contributed by atoms with van der Waals surface area (Å²) in [6.07, 6.45) is -0.425. The molecule has 0 spiro atoms.